The minimum Gasteiger partial charge on any atom is -0.456 e. The van der Waals surface area contributed by atoms with Gasteiger partial charge in [-0.1, -0.05) is 11.6 Å². The number of amides is 1. The van der Waals surface area contributed by atoms with Gasteiger partial charge in [-0.25, -0.2) is 4.39 Å². The molecule has 2 aromatic rings. The molecule has 3 rings (SSSR count). The van der Waals surface area contributed by atoms with Gasteiger partial charge in [-0.3, -0.25) is 4.79 Å². The summed E-state index contributed by atoms with van der Waals surface area (Å²) in [6, 6.07) is 8.97. The summed E-state index contributed by atoms with van der Waals surface area (Å²) in [5, 5.41) is 3.08. The van der Waals surface area contributed by atoms with E-state index >= 15 is 0 Å². The summed E-state index contributed by atoms with van der Waals surface area (Å²) in [6.07, 6.45) is 1.87. The predicted octanol–water partition coefficient (Wildman–Crippen LogP) is 3.75. The minimum absolute atomic E-state index is 0.0454. The Hall–Kier alpha value is -2.27. The van der Waals surface area contributed by atoms with Crippen LogP contribution in [0, 0.1) is 5.82 Å². The Bertz CT molecular complexity index is 732. The lowest BCUT2D eigenvalue weighted by Crippen LogP contribution is -2.26. The first-order valence-corrected chi connectivity index (χ1v) is 7.24. The van der Waals surface area contributed by atoms with Gasteiger partial charge < -0.3 is 15.8 Å². The molecule has 0 atom stereocenters. The van der Waals surface area contributed by atoms with Gasteiger partial charge in [0.05, 0.1) is 10.6 Å². The van der Waals surface area contributed by atoms with E-state index in [-0.39, 0.29) is 11.6 Å². The molecule has 0 aromatic heterocycles. The number of nitrogens with two attached hydrogens (primary N) is 1. The fourth-order valence-corrected chi connectivity index (χ4v) is 2.19. The number of hydrogen-bond donors (Lipinski definition) is 2. The monoisotopic (exact) mass is 320 g/mol. The molecule has 2 aromatic carbocycles. The summed E-state index contributed by atoms with van der Waals surface area (Å²) in [4.78, 5) is 12.0. The maximum Gasteiger partial charge on any atom is 0.254 e. The van der Waals surface area contributed by atoms with Crippen molar-refractivity contribution in [2.75, 3.05) is 5.73 Å². The molecule has 1 fully saturated rings. The van der Waals surface area contributed by atoms with Crippen LogP contribution in [0.1, 0.15) is 23.2 Å². The van der Waals surface area contributed by atoms with Crippen LogP contribution in [0.25, 0.3) is 0 Å². The van der Waals surface area contributed by atoms with Gasteiger partial charge in [-0.2, -0.15) is 0 Å². The molecule has 0 radical (unpaired) electrons. The second-order valence-corrected chi connectivity index (χ2v) is 5.59. The van der Waals surface area contributed by atoms with Gasteiger partial charge in [0.15, 0.2) is 0 Å². The fraction of sp³-hybridized carbons (Fsp3) is 0.188. The average Bonchev–Trinajstić information content (AvgIpc) is 3.27. The van der Waals surface area contributed by atoms with E-state index in [2.05, 4.69) is 5.32 Å². The lowest BCUT2D eigenvalue weighted by molar-refractivity contribution is 0.0946. The van der Waals surface area contributed by atoms with E-state index in [9.17, 15) is 9.18 Å². The molecular weight excluding hydrogens is 307 g/mol. The van der Waals surface area contributed by atoms with Gasteiger partial charge in [0, 0.05) is 11.7 Å². The molecular formula is C16H14ClFN2O2. The SMILES string of the molecule is Nc1ccc(Oc2ccc(F)c(C(=O)NC3CC3)c2)c(Cl)c1. The van der Waals surface area contributed by atoms with E-state index in [4.69, 9.17) is 22.1 Å². The number of carbonyl (C=O) groups excluding carboxylic acids is 1. The summed E-state index contributed by atoms with van der Waals surface area (Å²) in [7, 11) is 0. The van der Waals surface area contributed by atoms with Crippen LogP contribution >= 0.6 is 11.6 Å². The minimum atomic E-state index is -0.589. The molecule has 22 heavy (non-hydrogen) atoms. The molecule has 0 heterocycles. The lowest BCUT2D eigenvalue weighted by Gasteiger charge is -2.10. The Morgan fingerprint density at radius 3 is 2.73 bits per heavy atom. The van der Waals surface area contributed by atoms with E-state index in [1.54, 1.807) is 18.2 Å². The largest absolute Gasteiger partial charge is 0.456 e. The van der Waals surface area contributed by atoms with E-state index in [0.717, 1.165) is 12.8 Å². The van der Waals surface area contributed by atoms with Gasteiger partial charge >= 0.3 is 0 Å². The van der Waals surface area contributed by atoms with Crippen molar-refractivity contribution in [3.8, 4) is 11.5 Å². The first-order chi connectivity index (χ1) is 10.5. The molecule has 0 spiro atoms. The van der Waals surface area contributed by atoms with E-state index < -0.39 is 11.7 Å². The quantitative estimate of drug-likeness (QED) is 0.843. The molecule has 1 amide bonds. The topological polar surface area (TPSA) is 64.3 Å². The molecule has 0 aliphatic heterocycles. The molecule has 6 heteroatoms. The van der Waals surface area contributed by atoms with Gasteiger partial charge in [-0.05, 0) is 49.2 Å². The van der Waals surface area contributed by atoms with Crippen LogP contribution < -0.4 is 15.8 Å². The molecule has 4 nitrogen and oxygen atoms in total. The molecule has 1 aliphatic rings. The van der Waals surface area contributed by atoms with Crippen LogP contribution in [0.15, 0.2) is 36.4 Å². The number of ether oxygens (including phenoxy) is 1. The smallest absolute Gasteiger partial charge is 0.254 e. The number of nitrogens with one attached hydrogen (secondary N) is 1. The van der Waals surface area contributed by atoms with Crippen LogP contribution in [0.2, 0.25) is 5.02 Å². The van der Waals surface area contributed by atoms with Crippen molar-refractivity contribution in [1.29, 1.82) is 0 Å². The lowest BCUT2D eigenvalue weighted by atomic mass is 10.2. The fourth-order valence-electron chi connectivity index (χ4n) is 1.96. The van der Waals surface area contributed by atoms with E-state index in [1.165, 1.54) is 18.2 Å². The maximum atomic E-state index is 13.8. The average molecular weight is 321 g/mol. The Morgan fingerprint density at radius 2 is 2.05 bits per heavy atom. The zero-order chi connectivity index (χ0) is 15.7. The van der Waals surface area contributed by atoms with Crippen LogP contribution in [0.3, 0.4) is 0 Å². The van der Waals surface area contributed by atoms with Crippen LogP contribution in [0.5, 0.6) is 11.5 Å². The second kappa shape index (κ2) is 5.85. The van der Waals surface area contributed by atoms with Gasteiger partial charge in [-0.15, -0.1) is 0 Å². The number of benzene rings is 2. The van der Waals surface area contributed by atoms with Gasteiger partial charge in [0.1, 0.15) is 17.3 Å². The third-order valence-corrected chi connectivity index (χ3v) is 3.57. The normalized spacial score (nSPS) is 13.7. The number of halogens is 2. The highest BCUT2D eigenvalue weighted by atomic mass is 35.5. The Labute approximate surface area is 132 Å². The van der Waals surface area contributed by atoms with Crippen molar-refractivity contribution in [2.45, 2.75) is 18.9 Å². The highest BCUT2D eigenvalue weighted by molar-refractivity contribution is 6.32. The Balaban J connectivity index is 1.83. The van der Waals surface area contributed by atoms with Crippen molar-refractivity contribution < 1.29 is 13.9 Å². The van der Waals surface area contributed by atoms with Crippen molar-refractivity contribution in [3.05, 3.63) is 52.8 Å². The van der Waals surface area contributed by atoms with Crippen molar-refractivity contribution >= 4 is 23.2 Å². The van der Waals surface area contributed by atoms with Crippen molar-refractivity contribution in [1.82, 2.24) is 5.32 Å². The highest BCUT2D eigenvalue weighted by Gasteiger charge is 2.25. The molecule has 0 bridgehead atoms. The maximum absolute atomic E-state index is 13.8. The Kier molecular flexibility index (Phi) is 3.90. The third kappa shape index (κ3) is 3.31. The highest BCUT2D eigenvalue weighted by Crippen LogP contribution is 2.31. The zero-order valence-corrected chi connectivity index (χ0v) is 12.4. The van der Waals surface area contributed by atoms with E-state index in [1.807, 2.05) is 0 Å². The Morgan fingerprint density at radius 1 is 1.27 bits per heavy atom. The number of nitrogen functional groups attached to an aromatic ring is 1. The number of hydrogen-bond acceptors (Lipinski definition) is 3. The molecule has 114 valence electrons. The summed E-state index contributed by atoms with van der Waals surface area (Å²) in [5.74, 6) is -0.312. The molecule has 1 saturated carbocycles. The summed E-state index contributed by atoms with van der Waals surface area (Å²) >= 11 is 6.03. The van der Waals surface area contributed by atoms with Gasteiger partial charge in [0.2, 0.25) is 0 Å². The predicted molar refractivity (Wildman–Crippen MR) is 82.8 cm³/mol. The molecule has 0 unspecified atom stereocenters. The van der Waals surface area contributed by atoms with Crippen LogP contribution in [-0.4, -0.2) is 11.9 Å². The number of anilines is 1. The summed E-state index contributed by atoms with van der Waals surface area (Å²) in [5.41, 5.74) is 6.08. The summed E-state index contributed by atoms with van der Waals surface area (Å²) < 4.78 is 19.4. The van der Waals surface area contributed by atoms with Crippen molar-refractivity contribution in [2.24, 2.45) is 0 Å². The molecule has 0 saturated heterocycles. The first-order valence-electron chi connectivity index (χ1n) is 6.86. The second-order valence-electron chi connectivity index (χ2n) is 5.18. The molecule has 1 aliphatic carbocycles. The number of rotatable bonds is 4. The van der Waals surface area contributed by atoms with Gasteiger partial charge in [0.25, 0.3) is 5.91 Å². The number of carbonyl (C=O) groups is 1. The van der Waals surface area contributed by atoms with Crippen LogP contribution in [-0.2, 0) is 0 Å². The standard InChI is InChI=1S/C16H14ClFN2O2/c17-13-7-9(19)1-6-15(13)22-11-4-5-14(18)12(8-11)16(21)20-10-2-3-10/h1,4-8,10H,2-3,19H2,(H,20,21). The summed E-state index contributed by atoms with van der Waals surface area (Å²) in [6.45, 7) is 0. The molecule has 3 N–H and O–H groups in total. The zero-order valence-electron chi connectivity index (χ0n) is 11.6. The van der Waals surface area contributed by atoms with E-state index in [0.29, 0.717) is 22.2 Å². The van der Waals surface area contributed by atoms with Crippen molar-refractivity contribution in [3.63, 3.8) is 0 Å². The van der Waals surface area contributed by atoms with Crippen LogP contribution in [0.4, 0.5) is 10.1 Å². The third-order valence-electron chi connectivity index (χ3n) is 3.28. The first kappa shape index (κ1) is 14.7.